The maximum Gasteiger partial charge on any atom is 0.258 e. The van der Waals surface area contributed by atoms with E-state index in [-0.39, 0.29) is 11.5 Å². The van der Waals surface area contributed by atoms with Gasteiger partial charge >= 0.3 is 0 Å². The normalized spacial score (nSPS) is 10.0. The van der Waals surface area contributed by atoms with E-state index in [1.54, 1.807) is 0 Å². The molecular weight excluding hydrogens is 278 g/mol. The van der Waals surface area contributed by atoms with Crippen LogP contribution in [0.1, 0.15) is 20.7 Å². The number of carbonyl (C=O) groups excluding carboxylic acids is 2. The molecule has 0 unspecified atom stereocenters. The Hall–Kier alpha value is -2.76. The highest BCUT2D eigenvalue weighted by Gasteiger charge is 2.15. The summed E-state index contributed by atoms with van der Waals surface area (Å²) in [6.45, 7) is 0. The molecule has 0 bridgehead atoms. The molecule has 2 aromatic carbocycles. The van der Waals surface area contributed by atoms with Crippen molar-refractivity contribution in [3.05, 3.63) is 65.2 Å². The Morgan fingerprint density at radius 3 is 2.24 bits per heavy atom. The molecule has 0 atom stereocenters. The summed E-state index contributed by atoms with van der Waals surface area (Å²) in [4.78, 5) is 23.2. The van der Waals surface area contributed by atoms with Crippen molar-refractivity contribution in [1.29, 1.82) is 0 Å². The summed E-state index contributed by atoms with van der Waals surface area (Å²) in [5.74, 6) is -3.31. The highest BCUT2D eigenvalue weighted by atomic mass is 19.2. The first-order valence-corrected chi connectivity index (χ1v) is 6.10. The zero-order chi connectivity index (χ0) is 15.4. The number of halogens is 2. The molecule has 0 radical (unpaired) electrons. The lowest BCUT2D eigenvalue weighted by Gasteiger charge is -2.07. The molecule has 0 aliphatic rings. The molecule has 2 N–H and O–H groups in total. The molecule has 0 saturated carbocycles. The summed E-state index contributed by atoms with van der Waals surface area (Å²) in [6.07, 6.45) is 0. The minimum Gasteiger partial charge on any atom is -0.355 e. The van der Waals surface area contributed by atoms with Gasteiger partial charge in [0.25, 0.3) is 11.8 Å². The van der Waals surface area contributed by atoms with Gasteiger partial charge in [0.05, 0.1) is 5.56 Å². The van der Waals surface area contributed by atoms with Crippen molar-refractivity contribution in [2.24, 2.45) is 0 Å². The van der Waals surface area contributed by atoms with E-state index in [0.29, 0.717) is 11.3 Å². The van der Waals surface area contributed by atoms with Crippen molar-refractivity contribution in [3.8, 4) is 0 Å². The summed E-state index contributed by atoms with van der Waals surface area (Å²) in [7, 11) is 1.50. The Labute approximate surface area is 119 Å². The van der Waals surface area contributed by atoms with Gasteiger partial charge < -0.3 is 10.6 Å². The zero-order valence-corrected chi connectivity index (χ0v) is 11.1. The third-order valence-corrected chi connectivity index (χ3v) is 2.83. The van der Waals surface area contributed by atoms with Gasteiger partial charge in [0.2, 0.25) is 0 Å². The number of hydrogen-bond acceptors (Lipinski definition) is 2. The molecule has 2 aromatic rings. The molecule has 108 valence electrons. The maximum absolute atomic E-state index is 13.5. The molecule has 0 spiro atoms. The summed E-state index contributed by atoms with van der Waals surface area (Å²) in [5, 5.41) is 4.90. The van der Waals surface area contributed by atoms with Crippen molar-refractivity contribution >= 4 is 17.5 Å². The minimum atomic E-state index is -1.20. The summed E-state index contributed by atoms with van der Waals surface area (Å²) < 4.78 is 26.5. The average Bonchev–Trinajstić information content (AvgIpc) is 2.50. The van der Waals surface area contributed by atoms with E-state index in [4.69, 9.17) is 0 Å². The summed E-state index contributed by atoms with van der Waals surface area (Å²) >= 11 is 0. The molecule has 0 aromatic heterocycles. The fraction of sp³-hybridized carbons (Fsp3) is 0.0667. The third-order valence-electron chi connectivity index (χ3n) is 2.83. The second kappa shape index (κ2) is 6.13. The second-order valence-electron chi connectivity index (χ2n) is 4.21. The van der Waals surface area contributed by atoms with Gasteiger partial charge in [-0.3, -0.25) is 9.59 Å². The quantitative estimate of drug-likeness (QED) is 0.912. The molecule has 0 heterocycles. The van der Waals surface area contributed by atoms with Crippen LogP contribution in [0.25, 0.3) is 0 Å². The van der Waals surface area contributed by atoms with Crippen molar-refractivity contribution < 1.29 is 18.4 Å². The number of amides is 2. The van der Waals surface area contributed by atoms with Crippen LogP contribution in [0.5, 0.6) is 0 Å². The molecule has 4 nitrogen and oxygen atoms in total. The number of benzene rings is 2. The molecule has 0 saturated heterocycles. The lowest BCUT2D eigenvalue weighted by Crippen LogP contribution is -2.18. The molecule has 6 heteroatoms. The van der Waals surface area contributed by atoms with E-state index < -0.39 is 17.5 Å². The van der Waals surface area contributed by atoms with Gasteiger partial charge in [0, 0.05) is 18.3 Å². The van der Waals surface area contributed by atoms with Gasteiger partial charge in [-0.05, 0) is 36.4 Å². The number of anilines is 1. The molecular formula is C15H12F2N2O2. The molecule has 2 amide bonds. The van der Waals surface area contributed by atoms with E-state index in [9.17, 15) is 18.4 Å². The Bertz CT molecular complexity index is 685. The zero-order valence-electron chi connectivity index (χ0n) is 11.1. The van der Waals surface area contributed by atoms with Gasteiger partial charge in [-0.2, -0.15) is 0 Å². The SMILES string of the molecule is CNC(=O)c1ccc(NC(=O)c2cccc(F)c2F)cc1. The monoisotopic (exact) mass is 290 g/mol. The van der Waals surface area contributed by atoms with Crippen LogP contribution < -0.4 is 10.6 Å². The van der Waals surface area contributed by atoms with Crippen LogP contribution in [0.15, 0.2) is 42.5 Å². The Morgan fingerprint density at radius 2 is 1.62 bits per heavy atom. The van der Waals surface area contributed by atoms with Gasteiger partial charge in [0.1, 0.15) is 0 Å². The topological polar surface area (TPSA) is 58.2 Å². The third kappa shape index (κ3) is 3.22. The van der Waals surface area contributed by atoms with Crippen LogP contribution in [0.3, 0.4) is 0 Å². The van der Waals surface area contributed by atoms with Crippen LogP contribution >= 0.6 is 0 Å². The van der Waals surface area contributed by atoms with Crippen LogP contribution in [0, 0.1) is 11.6 Å². The average molecular weight is 290 g/mol. The Balaban J connectivity index is 2.16. The van der Waals surface area contributed by atoms with Crippen molar-refractivity contribution in [1.82, 2.24) is 5.32 Å². The molecule has 0 fully saturated rings. The summed E-state index contributed by atoms with van der Waals surface area (Å²) in [5.41, 5.74) is 0.411. The molecule has 2 rings (SSSR count). The van der Waals surface area contributed by atoms with Crippen LogP contribution in [0.2, 0.25) is 0 Å². The van der Waals surface area contributed by atoms with Crippen LogP contribution in [-0.4, -0.2) is 18.9 Å². The standard InChI is InChI=1S/C15H12F2N2O2/c1-18-14(20)9-5-7-10(8-6-9)19-15(21)11-3-2-4-12(16)13(11)17/h2-8H,1H3,(H,18,20)(H,19,21). The Kier molecular flexibility index (Phi) is 4.27. The first kappa shape index (κ1) is 14.6. The first-order chi connectivity index (χ1) is 10.0. The predicted molar refractivity (Wildman–Crippen MR) is 74.1 cm³/mol. The Morgan fingerprint density at radius 1 is 0.952 bits per heavy atom. The number of hydrogen-bond donors (Lipinski definition) is 2. The fourth-order valence-corrected chi connectivity index (χ4v) is 1.73. The van der Waals surface area contributed by atoms with E-state index in [0.717, 1.165) is 6.07 Å². The summed E-state index contributed by atoms with van der Waals surface area (Å²) in [6, 6.07) is 9.39. The predicted octanol–water partition coefficient (Wildman–Crippen LogP) is 2.58. The number of nitrogens with one attached hydrogen (secondary N) is 2. The van der Waals surface area contributed by atoms with Gasteiger partial charge in [0.15, 0.2) is 11.6 Å². The number of rotatable bonds is 3. The van der Waals surface area contributed by atoms with Gasteiger partial charge in [-0.15, -0.1) is 0 Å². The first-order valence-electron chi connectivity index (χ1n) is 6.10. The van der Waals surface area contributed by atoms with Crippen molar-refractivity contribution in [2.45, 2.75) is 0 Å². The molecule has 21 heavy (non-hydrogen) atoms. The molecule has 0 aliphatic carbocycles. The van der Waals surface area contributed by atoms with E-state index >= 15 is 0 Å². The van der Waals surface area contributed by atoms with E-state index in [1.807, 2.05) is 0 Å². The number of carbonyl (C=O) groups is 2. The van der Waals surface area contributed by atoms with Crippen molar-refractivity contribution in [2.75, 3.05) is 12.4 Å². The van der Waals surface area contributed by atoms with E-state index in [2.05, 4.69) is 10.6 Å². The molecule has 0 aliphatic heterocycles. The van der Waals surface area contributed by atoms with Crippen LogP contribution in [-0.2, 0) is 0 Å². The second-order valence-corrected chi connectivity index (χ2v) is 4.21. The van der Waals surface area contributed by atoms with Crippen molar-refractivity contribution in [3.63, 3.8) is 0 Å². The largest absolute Gasteiger partial charge is 0.355 e. The van der Waals surface area contributed by atoms with E-state index in [1.165, 1.54) is 43.4 Å². The highest BCUT2D eigenvalue weighted by Crippen LogP contribution is 2.15. The minimum absolute atomic E-state index is 0.260. The van der Waals surface area contributed by atoms with Gasteiger partial charge in [-0.1, -0.05) is 6.07 Å². The fourth-order valence-electron chi connectivity index (χ4n) is 1.73. The lowest BCUT2D eigenvalue weighted by atomic mass is 10.1. The van der Waals surface area contributed by atoms with Crippen LogP contribution in [0.4, 0.5) is 14.5 Å². The van der Waals surface area contributed by atoms with Gasteiger partial charge in [-0.25, -0.2) is 8.78 Å². The highest BCUT2D eigenvalue weighted by molar-refractivity contribution is 6.04. The smallest absolute Gasteiger partial charge is 0.258 e. The lowest BCUT2D eigenvalue weighted by molar-refractivity contribution is 0.0962. The maximum atomic E-state index is 13.5.